The molecule has 1 aromatic rings. The summed E-state index contributed by atoms with van der Waals surface area (Å²) in [4.78, 5) is 28.8. The van der Waals surface area contributed by atoms with Crippen LogP contribution in [0.25, 0.3) is 0 Å². The van der Waals surface area contributed by atoms with Crippen LogP contribution < -0.4 is 0 Å². The molecule has 2 bridgehead atoms. The summed E-state index contributed by atoms with van der Waals surface area (Å²) in [6, 6.07) is 9.80. The van der Waals surface area contributed by atoms with Crippen molar-refractivity contribution in [3.8, 4) is 0 Å². The molecule has 3 aliphatic rings. The topological polar surface area (TPSA) is 66.8 Å². The summed E-state index contributed by atoms with van der Waals surface area (Å²) in [6.45, 7) is 0. The van der Waals surface area contributed by atoms with Gasteiger partial charge in [0.15, 0.2) is 5.41 Å². The molecule has 5 heteroatoms. The number of aliphatic carboxylic acids is 1. The molecular weight excluding hydrogens is 354 g/mol. The third-order valence-corrected chi connectivity index (χ3v) is 7.42. The number of piperidine rings is 1. The number of carboxylic acids is 1. The summed E-state index contributed by atoms with van der Waals surface area (Å²) in [5.41, 5.74) is -1.04. The number of carboxylic acid groups (broad SMARTS) is 1. The normalized spacial score (nSPS) is 30.5. The van der Waals surface area contributed by atoms with E-state index in [0.717, 1.165) is 57.8 Å². The van der Waals surface area contributed by atoms with Crippen LogP contribution >= 0.6 is 0 Å². The summed E-state index contributed by atoms with van der Waals surface area (Å²) in [6.07, 6.45) is 8.41. The lowest BCUT2D eigenvalue weighted by atomic mass is 9.65. The van der Waals surface area contributed by atoms with Crippen molar-refractivity contribution in [2.24, 2.45) is 5.92 Å². The predicted molar refractivity (Wildman–Crippen MR) is 106 cm³/mol. The number of carbonyl (C=O) groups excluding carboxylic acids is 1. The van der Waals surface area contributed by atoms with Gasteiger partial charge in [-0.3, -0.25) is 9.59 Å². The lowest BCUT2D eigenvalue weighted by Crippen LogP contribution is -2.56. The van der Waals surface area contributed by atoms with Gasteiger partial charge < -0.3 is 14.7 Å². The van der Waals surface area contributed by atoms with Gasteiger partial charge in [0, 0.05) is 12.1 Å². The molecule has 4 rings (SSSR count). The molecule has 0 aromatic heterocycles. The Hall–Kier alpha value is -1.88. The molecule has 3 fully saturated rings. The van der Waals surface area contributed by atoms with Crippen LogP contribution in [0.4, 0.5) is 0 Å². The molecular formula is C23H31NO4. The fourth-order valence-corrected chi connectivity index (χ4v) is 5.80. The molecule has 152 valence electrons. The zero-order valence-electron chi connectivity index (χ0n) is 16.7. The molecule has 2 heterocycles. The Morgan fingerprint density at radius 2 is 1.61 bits per heavy atom. The number of fused-ring (bicyclic) bond motifs is 2. The Kier molecular flexibility index (Phi) is 5.46. The Bertz CT molecular complexity index is 701. The van der Waals surface area contributed by atoms with Crippen LogP contribution in [-0.2, 0) is 19.7 Å². The summed E-state index contributed by atoms with van der Waals surface area (Å²) in [5, 5.41) is 10.5. The first-order valence-electron chi connectivity index (χ1n) is 10.8. The van der Waals surface area contributed by atoms with Crippen molar-refractivity contribution in [3.63, 3.8) is 0 Å². The third kappa shape index (κ3) is 3.24. The van der Waals surface area contributed by atoms with Crippen molar-refractivity contribution < 1.29 is 19.4 Å². The molecule has 3 unspecified atom stereocenters. The first kappa shape index (κ1) is 19.4. The summed E-state index contributed by atoms with van der Waals surface area (Å²) < 4.78 is 5.91. The Morgan fingerprint density at radius 1 is 1.00 bits per heavy atom. The van der Waals surface area contributed by atoms with Crippen molar-refractivity contribution in [2.75, 3.05) is 7.05 Å². The van der Waals surface area contributed by atoms with Gasteiger partial charge in [-0.15, -0.1) is 0 Å². The molecule has 1 N–H and O–H groups in total. The largest absolute Gasteiger partial charge is 0.480 e. The Morgan fingerprint density at radius 3 is 2.18 bits per heavy atom. The molecule has 3 atom stereocenters. The molecule has 5 nitrogen and oxygen atoms in total. The Balaban J connectivity index is 1.71. The van der Waals surface area contributed by atoms with Gasteiger partial charge in [0.05, 0.1) is 0 Å². The highest BCUT2D eigenvalue weighted by molar-refractivity contribution is 6.06. The van der Waals surface area contributed by atoms with E-state index in [2.05, 4.69) is 11.9 Å². The highest BCUT2D eigenvalue weighted by atomic mass is 16.5. The van der Waals surface area contributed by atoms with Gasteiger partial charge in [-0.1, -0.05) is 36.8 Å². The predicted octanol–water partition coefficient (Wildman–Crippen LogP) is 3.76. The van der Waals surface area contributed by atoms with Crippen LogP contribution in [0, 0.1) is 5.92 Å². The molecule has 0 spiro atoms. The molecule has 1 aliphatic carbocycles. The first-order valence-corrected chi connectivity index (χ1v) is 10.8. The van der Waals surface area contributed by atoms with Gasteiger partial charge in [0.1, 0.15) is 6.10 Å². The smallest absolute Gasteiger partial charge is 0.328 e. The van der Waals surface area contributed by atoms with Crippen molar-refractivity contribution in [1.82, 2.24) is 4.90 Å². The molecule has 1 aromatic carbocycles. The van der Waals surface area contributed by atoms with Crippen LogP contribution in [0.3, 0.4) is 0 Å². The van der Waals surface area contributed by atoms with E-state index in [1.807, 2.05) is 18.2 Å². The second-order valence-electron chi connectivity index (χ2n) is 8.86. The standard InChI is InChI=1S/C23H31NO4/c1-24-18-12-13-19(24)15-17(14-18)23(21(25)26,16-8-4-2-5-9-16)22(27)28-20-10-6-3-7-11-20/h2,4-5,8-9,17-20H,3,6-7,10-15H2,1H3,(H,25,26). The lowest BCUT2D eigenvalue weighted by Gasteiger charge is -2.44. The van der Waals surface area contributed by atoms with Gasteiger partial charge in [-0.2, -0.15) is 0 Å². The monoisotopic (exact) mass is 385 g/mol. The maximum absolute atomic E-state index is 13.6. The lowest BCUT2D eigenvalue weighted by molar-refractivity contribution is -0.171. The minimum Gasteiger partial charge on any atom is -0.480 e. The van der Waals surface area contributed by atoms with E-state index in [4.69, 9.17) is 4.74 Å². The average molecular weight is 386 g/mol. The fourth-order valence-electron chi connectivity index (χ4n) is 5.80. The van der Waals surface area contributed by atoms with Gasteiger partial charge in [0.2, 0.25) is 0 Å². The minimum absolute atomic E-state index is 0.147. The van der Waals surface area contributed by atoms with Crippen molar-refractivity contribution >= 4 is 11.9 Å². The zero-order valence-corrected chi connectivity index (χ0v) is 16.7. The van der Waals surface area contributed by atoms with E-state index < -0.39 is 17.4 Å². The van der Waals surface area contributed by atoms with E-state index >= 15 is 0 Å². The number of nitrogens with zero attached hydrogens (tertiary/aromatic N) is 1. The molecule has 2 saturated heterocycles. The van der Waals surface area contributed by atoms with Crippen LogP contribution in [0.1, 0.15) is 63.4 Å². The Labute approximate surface area is 167 Å². The number of hydrogen-bond donors (Lipinski definition) is 1. The van der Waals surface area contributed by atoms with Gasteiger partial charge in [-0.25, -0.2) is 0 Å². The fraction of sp³-hybridized carbons (Fsp3) is 0.652. The summed E-state index contributed by atoms with van der Waals surface area (Å²) in [5.74, 6) is -1.85. The maximum atomic E-state index is 13.6. The number of esters is 1. The van der Waals surface area contributed by atoms with E-state index in [9.17, 15) is 14.7 Å². The number of carbonyl (C=O) groups is 2. The minimum atomic E-state index is -1.61. The van der Waals surface area contributed by atoms with Gasteiger partial charge in [-0.05, 0) is 69.9 Å². The van der Waals surface area contributed by atoms with E-state index in [-0.39, 0.29) is 12.0 Å². The van der Waals surface area contributed by atoms with Gasteiger partial charge in [0.25, 0.3) is 0 Å². The number of rotatable bonds is 5. The van der Waals surface area contributed by atoms with E-state index in [1.165, 1.54) is 0 Å². The summed E-state index contributed by atoms with van der Waals surface area (Å²) in [7, 11) is 2.13. The van der Waals surface area contributed by atoms with Gasteiger partial charge >= 0.3 is 11.9 Å². The average Bonchev–Trinajstić information content (AvgIpc) is 2.90. The SMILES string of the molecule is CN1C2CCC1CC(C(C(=O)O)(C(=O)OC1CCCCC1)c1ccccc1)C2. The highest BCUT2D eigenvalue weighted by Crippen LogP contribution is 2.47. The number of ether oxygens (including phenoxy) is 1. The molecule has 2 aliphatic heterocycles. The molecule has 0 radical (unpaired) electrons. The number of benzene rings is 1. The molecule has 28 heavy (non-hydrogen) atoms. The first-order chi connectivity index (χ1) is 13.5. The maximum Gasteiger partial charge on any atom is 0.328 e. The van der Waals surface area contributed by atoms with Crippen molar-refractivity contribution in [2.45, 2.75) is 81.4 Å². The third-order valence-electron chi connectivity index (χ3n) is 7.42. The second-order valence-corrected chi connectivity index (χ2v) is 8.86. The number of hydrogen-bond acceptors (Lipinski definition) is 4. The second kappa shape index (κ2) is 7.86. The quantitative estimate of drug-likeness (QED) is 0.617. The highest BCUT2D eigenvalue weighted by Gasteiger charge is 2.59. The van der Waals surface area contributed by atoms with Crippen molar-refractivity contribution in [3.05, 3.63) is 35.9 Å². The van der Waals surface area contributed by atoms with E-state index in [1.54, 1.807) is 12.1 Å². The zero-order chi connectivity index (χ0) is 19.7. The summed E-state index contributed by atoms with van der Waals surface area (Å²) >= 11 is 0. The van der Waals surface area contributed by atoms with E-state index in [0.29, 0.717) is 17.6 Å². The molecule has 0 amide bonds. The van der Waals surface area contributed by atoms with Crippen LogP contribution in [0.15, 0.2) is 30.3 Å². The molecule has 1 saturated carbocycles. The van der Waals surface area contributed by atoms with Crippen LogP contribution in [-0.4, -0.2) is 47.2 Å². The van der Waals surface area contributed by atoms with Crippen LogP contribution in [0.2, 0.25) is 0 Å². The van der Waals surface area contributed by atoms with Crippen LogP contribution in [0.5, 0.6) is 0 Å². The van der Waals surface area contributed by atoms with Crippen molar-refractivity contribution in [1.29, 1.82) is 0 Å².